The highest BCUT2D eigenvalue weighted by atomic mass is 16.6. The van der Waals surface area contributed by atoms with Crippen molar-refractivity contribution in [2.24, 2.45) is 0 Å². The van der Waals surface area contributed by atoms with Crippen molar-refractivity contribution >= 4 is 0 Å². The second-order valence-electron chi connectivity index (χ2n) is 4.83. The molecule has 1 aliphatic heterocycles. The molecule has 1 fully saturated rings. The van der Waals surface area contributed by atoms with Gasteiger partial charge in [-0.05, 0) is 24.7 Å². The predicted molar refractivity (Wildman–Crippen MR) is 70.6 cm³/mol. The highest BCUT2D eigenvalue weighted by molar-refractivity contribution is 5.41. The molecule has 1 aromatic rings. The highest BCUT2D eigenvalue weighted by Gasteiger charge is 2.40. The van der Waals surface area contributed by atoms with Gasteiger partial charge in [0.2, 0.25) is 6.04 Å². The largest absolute Gasteiger partial charge is 0.497 e. The van der Waals surface area contributed by atoms with Crippen LogP contribution in [0.2, 0.25) is 0 Å². The van der Waals surface area contributed by atoms with Gasteiger partial charge < -0.3 is 9.47 Å². The third kappa shape index (κ3) is 2.78. The average Bonchev–Trinajstić information content (AvgIpc) is 2.80. The minimum Gasteiger partial charge on any atom is -0.497 e. The van der Waals surface area contributed by atoms with E-state index in [9.17, 15) is 10.1 Å². The molecule has 104 valence electrons. The maximum atomic E-state index is 11.2. The summed E-state index contributed by atoms with van der Waals surface area (Å²) in [6, 6.07) is 4.89. The van der Waals surface area contributed by atoms with Gasteiger partial charge >= 0.3 is 0 Å². The standard InChI is InChI=1S/C13H18N2O4/c1-14-7-12(13(8-14)15(16)17)9-4-10(18-2)6-11(5-9)19-3/h4-6,12-13H,7-8H2,1-3H3. The van der Waals surface area contributed by atoms with E-state index in [4.69, 9.17) is 9.47 Å². The Bertz CT molecular complexity index is 455. The average molecular weight is 266 g/mol. The van der Waals surface area contributed by atoms with Crippen LogP contribution in [-0.4, -0.2) is 50.2 Å². The summed E-state index contributed by atoms with van der Waals surface area (Å²) in [4.78, 5) is 12.9. The molecule has 0 N–H and O–H groups in total. The normalized spacial score (nSPS) is 23.3. The lowest BCUT2D eigenvalue weighted by Gasteiger charge is -2.15. The van der Waals surface area contributed by atoms with Crippen LogP contribution in [0, 0.1) is 10.1 Å². The van der Waals surface area contributed by atoms with Crippen LogP contribution in [0.25, 0.3) is 0 Å². The fraction of sp³-hybridized carbons (Fsp3) is 0.538. The van der Waals surface area contributed by atoms with E-state index in [0.717, 1.165) is 5.56 Å². The summed E-state index contributed by atoms with van der Waals surface area (Å²) in [6.07, 6.45) is 0. The molecule has 0 aromatic heterocycles. The second-order valence-corrected chi connectivity index (χ2v) is 4.83. The van der Waals surface area contributed by atoms with Crippen LogP contribution >= 0.6 is 0 Å². The van der Waals surface area contributed by atoms with Crippen molar-refractivity contribution in [1.29, 1.82) is 0 Å². The number of benzene rings is 1. The van der Waals surface area contributed by atoms with E-state index >= 15 is 0 Å². The van der Waals surface area contributed by atoms with Crippen molar-refractivity contribution in [3.05, 3.63) is 33.9 Å². The second kappa shape index (κ2) is 5.44. The molecule has 6 heteroatoms. The molecule has 19 heavy (non-hydrogen) atoms. The lowest BCUT2D eigenvalue weighted by molar-refractivity contribution is -0.521. The number of methoxy groups -OCH3 is 2. The first kappa shape index (κ1) is 13.6. The monoisotopic (exact) mass is 266 g/mol. The van der Waals surface area contributed by atoms with E-state index in [1.54, 1.807) is 20.3 Å². The van der Waals surface area contributed by atoms with Crippen molar-refractivity contribution in [2.45, 2.75) is 12.0 Å². The van der Waals surface area contributed by atoms with E-state index in [2.05, 4.69) is 0 Å². The predicted octanol–water partition coefficient (Wildman–Crippen LogP) is 1.38. The van der Waals surface area contributed by atoms with Gasteiger partial charge in [0.05, 0.1) is 26.7 Å². The van der Waals surface area contributed by atoms with Crippen LogP contribution in [0.4, 0.5) is 0 Å². The summed E-state index contributed by atoms with van der Waals surface area (Å²) in [5, 5.41) is 11.2. The zero-order valence-corrected chi connectivity index (χ0v) is 11.3. The fourth-order valence-electron chi connectivity index (χ4n) is 2.56. The summed E-state index contributed by atoms with van der Waals surface area (Å²) in [6.45, 7) is 1.14. The Kier molecular flexibility index (Phi) is 3.90. The molecule has 1 aromatic carbocycles. The number of rotatable bonds is 4. The van der Waals surface area contributed by atoms with Gasteiger partial charge in [-0.3, -0.25) is 15.0 Å². The van der Waals surface area contributed by atoms with Gasteiger partial charge in [0.25, 0.3) is 0 Å². The van der Waals surface area contributed by atoms with Gasteiger partial charge in [-0.1, -0.05) is 0 Å². The number of likely N-dealkylation sites (N-methyl/N-ethyl adjacent to an activating group) is 1. The molecule has 0 bridgehead atoms. The van der Waals surface area contributed by atoms with Crippen molar-refractivity contribution in [3.8, 4) is 11.5 Å². The molecular weight excluding hydrogens is 248 g/mol. The van der Waals surface area contributed by atoms with Gasteiger partial charge in [-0.15, -0.1) is 0 Å². The maximum absolute atomic E-state index is 11.2. The Morgan fingerprint density at radius 2 is 1.79 bits per heavy atom. The quantitative estimate of drug-likeness (QED) is 0.608. The van der Waals surface area contributed by atoms with Gasteiger partial charge in [0, 0.05) is 17.5 Å². The molecular formula is C13H18N2O4. The molecule has 2 atom stereocenters. The number of likely N-dealkylation sites (tertiary alicyclic amines) is 1. The van der Waals surface area contributed by atoms with Crippen LogP contribution in [0.3, 0.4) is 0 Å². The summed E-state index contributed by atoms with van der Waals surface area (Å²) in [5.74, 6) is 1.18. The summed E-state index contributed by atoms with van der Waals surface area (Å²) in [7, 11) is 5.04. The Balaban J connectivity index is 2.36. The number of nitrogens with zero attached hydrogens (tertiary/aromatic N) is 2. The van der Waals surface area contributed by atoms with E-state index < -0.39 is 6.04 Å². The minimum absolute atomic E-state index is 0.135. The SMILES string of the molecule is COc1cc(OC)cc(C2CN(C)CC2[N+](=O)[O-])c1. The molecule has 1 saturated heterocycles. The first-order valence-electron chi connectivity index (χ1n) is 6.10. The van der Waals surface area contributed by atoms with Crippen LogP contribution in [0.1, 0.15) is 11.5 Å². The molecule has 1 aliphatic rings. The molecule has 0 radical (unpaired) electrons. The first-order valence-corrected chi connectivity index (χ1v) is 6.10. The first-order chi connectivity index (χ1) is 9.05. The number of nitro groups is 1. The molecule has 6 nitrogen and oxygen atoms in total. The Morgan fingerprint density at radius 1 is 1.21 bits per heavy atom. The summed E-state index contributed by atoms with van der Waals surface area (Å²) >= 11 is 0. The van der Waals surface area contributed by atoms with Crippen LogP contribution in [0.15, 0.2) is 18.2 Å². The van der Waals surface area contributed by atoms with Crippen LogP contribution in [0.5, 0.6) is 11.5 Å². The molecule has 0 saturated carbocycles. The number of hydrogen-bond acceptors (Lipinski definition) is 5. The van der Waals surface area contributed by atoms with Gasteiger partial charge in [0.15, 0.2) is 0 Å². The molecule has 0 amide bonds. The minimum atomic E-state index is -0.582. The van der Waals surface area contributed by atoms with E-state index in [1.165, 1.54) is 0 Å². The molecule has 2 unspecified atom stereocenters. The smallest absolute Gasteiger partial charge is 0.233 e. The zero-order valence-electron chi connectivity index (χ0n) is 11.3. The highest BCUT2D eigenvalue weighted by Crippen LogP contribution is 2.33. The van der Waals surface area contributed by atoms with E-state index in [1.807, 2.05) is 24.1 Å². The van der Waals surface area contributed by atoms with Crippen molar-refractivity contribution < 1.29 is 14.4 Å². The van der Waals surface area contributed by atoms with Crippen LogP contribution in [-0.2, 0) is 0 Å². The third-order valence-corrected chi connectivity index (χ3v) is 3.54. The molecule has 0 spiro atoms. The number of ether oxygens (including phenoxy) is 2. The fourth-order valence-corrected chi connectivity index (χ4v) is 2.56. The Hall–Kier alpha value is -1.82. The number of hydrogen-bond donors (Lipinski definition) is 0. The third-order valence-electron chi connectivity index (χ3n) is 3.54. The van der Waals surface area contributed by atoms with Gasteiger partial charge in [0.1, 0.15) is 11.5 Å². The maximum Gasteiger partial charge on any atom is 0.233 e. The zero-order chi connectivity index (χ0) is 14.0. The van der Waals surface area contributed by atoms with Gasteiger partial charge in [-0.25, -0.2) is 0 Å². The molecule has 2 rings (SSSR count). The lowest BCUT2D eigenvalue weighted by atomic mass is 9.94. The van der Waals surface area contributed by atoms with E-state index in [-0.39, 0.29) is 10.8 Å². The molecule has 1 heterocycles. The van der Waals surface area contributed by atoms with Gasteiger partial charge in [-0.2, -0.15) is 0 Å². The molecule has 0 aliphatic carbocycles. The van der Waals surface area contributed by atoms with Crippen molar-refractivity contribution in [1.82, 2.24) is 4.90 Å². The Morgan fingerprint density at radius 3 is 2.26 bits per heavy atom. The topological polar surface area (TPSA) is 64.8 Å². The summed E-state index contributed by atoms with van der Waals surface area (Å²) in [5.41, 5.74) is 0.891. The Labute approximate surface area is 112 Å². The van der Waals surface area contributed by atoms with Crippen molar-refractivity contribution in [3.63, 3.8) is 0 Å². The summed E-state index contributed by atoms with van der Waals surface area (Å²) < 4.78 is 10.4. The van der Waals surface area contributed by atoms with Crippen LogP contribution < -0.4 is 9.47 Å². The van der Waals surface area contributed by atoms with E-state index in [0.29, 0.717) is 24.6 Å². The van der Waals surface area contributed by atoms with Crippen molar-refractivity contribution in [2.75, 3.05) is 34.4 Å². The lowest BCUT2D eigenvalue weighted by Crippen LogP contribution is -2.27.